The lowest BCUT2D eigenvalue weighted by molar-refractivity contribution is -0.0330. The second-order valence-corrected chi connectivity index (χ2v) is 6.33. The molecule has 0 saturated carbocycles. The first kappa shape index (κ1) is 17.3. The van der Waals surface area contributed by atoms with Crippen molar-refractivity contribution in [2.45, 2.75) is 19.6 Å². The number of nitrogens with zero attached hydrogens (tertiary/aromatic N) is 4. The Bertz CT molecular complexity index is 944. The molecule has 140 valence electrons. The van der Waals surface area contributed by atoms with Crippen molar-refractivity contribution < 1.29 is 18.7 Å². The molecule has 1 aromatic carbocycles. The quantitative estimate of drug-likeness (QED) is 0.760. The smallest absolute Gasteiger partial charge is 0.410 e. The maximum Gasteiger partial charge on any atom is 0.410 e. The number of aryl methyl sites for hydroxylation is 1. The Morgan fingerprint density at radius 3 is 3.19 bits per heavy atom. The van der Waals surface area contributed by atoms with Gasteiger partial charge in [0.2, 0.25) is 0 Å². The van der Waals surface area contributed by atoms with E-state index in [-0.39, 0.29) is 19.0 Å². The summed E-state index contributed by atoms with van der Waals surface area (Å²) in [5, 5.41) is 0. The van der Waals surface area contributed by atoms with Crippen LogP contribution < -0.4 is 0 Å². The summed E-state index contributed by atoms with van der Waals surface area (Å²) >= 11 is 0. The van der Waals surface area contributed by atoms with Crippen LogP contribution in [0.3, 0.4) is 0 Å². The van der Waals surface area contributed by atoms with Crippen molar-refractivity contribution in [2.75, 3.05) is 19.7 Å². The van der Waals surface area contributed by atoms with Crippen molar-refractivity contribution in [2.24, 2.45) is 0 Å². The summed E-state index contributed by atoms with van der Waals surface area (Å²) in [6.45, 7) is 2.71. The highest BCUT2D eigenvalue weighted by Gasteiger charge is 2.28. The molecule has 1 aliphatic rings. The third-order valence-electron chi connectivity index (χ3n) is 4.37. The topological polar surface area (TPSA) is 93.2 Å². The summed E-state index contributed by atoms with van der Waals surface area (Å²) in [6, 6.07) is 4.81. The van der Waals surface area contributed by atoms with Crippen molar-refractivity contribution >= 4 is 17.3 Å². The maximum absolute atomic E-state index is 13.9. The Hall–Kier alpha value is -3.07. The number of aromatic amines is 1. The molecule has 3 aromatic rings. The lowest BCUT2D eigenvalue weighted by Gasteiger charge is -2.31. The van der Waals surface area contributed by atoms with E-state index in [0.717, 1.165) is 5.56 Å². The molecule has 1 N–H and O–H groups in total. The summed E-state index contributed by atoms with van der Waals surface area (Å²) in [5.74, 6) is 0.193. The Morgan fingerprint density at radius 2 is 2.37 bits per heavy atom. The molecule has 0 unspecified atom stereocenters. The van der Waals surface area contributed by atoms with E-state index in [2.05, 4.69) is 19.9 Å². The first-order valence-corrected chi connectivity index (χ1v) is 8.54. The van der Waals surface area contributed by atoms with Gasteiger partial charge < -0.3 is 19.4 Å². The largest absolute Gasteiger partial charge is 0.444 e. The molecule has 1 atom stereocenters. The van der Waals surface area contributed by atoms with Crippen molar-refractivity contribution in [3.63, 3.8) is 0 Å². The minimum absolute atomic E-state index is 0.118. The summed E-state index contributed by atoms with van der Waals surface area (Å²) in [4.78, 5) is 29.4. The number of imidazole rings is 1. The number of hydrogen-bond donors (Lipinski definition) is 1. The second-order valence-electron chi connectivity index (χ2n) is 6.33. The molecule has 0 radical (unpaired) electrons. The number of H-pyrrole nitrogens is 1. The number of ether oxygens (including phenoxy) is 2. The highest BCUT2D eigenvalue weighted by molar-refractivity contribution is 5.69. The number of halogens is 1. The molecule has 2 aromatic heterocycles. The van der Waals surface area contributed by atoms with Gasteiger partial charge in [-0.15, -0.1) is 0 Å². The maximum atomic E-state index is 13.9. The van der Waals surface area contributed by atoms with Crippen LogP contribution in [-0.2, 0) is 16.1 Å². The van der Waals surface area contributed by atoms with Gasteiger partial charge in [-0.25, -0.2) is 24.1 Å². The number of carbonyl (C=O) groups is 1. The van der Waals surface area contributed by atoms with E-state index in [1.165, 1.54) is 17.3 Å². The van der Waals surface area contributed by atoms with Gasteiger partial charge in [-0.05, 0) is 18.6 Å². The monoisotopic (exact) mass is 371 g/mol. The van der Waals surface area contributed by atoms with Crippen LogP contribution in [0, 0.1) is 12.7 Å². The van der Waals surface area contributed by atoms with Crippen molar-refractivity contribution in [3.05, 3.63) is 53.5 Å². The summed E-state index contributed by atoms with van der Waals surface area (Å²) in [7, 11) is 0. The number of nitrogens with one attached hydrogen (secondary N) is 1. The summed E-state index contributed by atoms with van der Waals surface area (Å²) in [6.07, 6.45) is 2.10. The molecule has 9 heteroatoms. The fourth-order valence-corrected chi connectivity index (χ4v) is 2.91. The van der Waals surface area contributed by atoms with E-state index < -0.39 is 12.2 Å². The van der Waals surface area contributed by atoms with Crippen LogP contribution in [0.2, 0.25) is 0 Å². The summed E-state index contributed by atoms with van der Waals surface area (Å²) in [5.41, 5.74) is 2.40. The van der Waals surface area contributed by atoms with E-state index in [1.807, 2.05) is 0 Å². The molecule has 4 rings (SSSR count). The molecule has 27 heavy (non-hydrogen) atoms. The minimum atomic E-state index is -0.515. The lowest BCUT2D eigenvalue weighted by Crippen LogP contribution is -2.42. The van der Waals surface area contributed by atoms with Crippen LogP contribution in [0.1, 0.15) is 23.1 Å². The van der Waals surface area contributed by atoms with Crippen LogP contribution in [-0.4, -0.2) is 50.6 Å². The number of aromatic nitrogens is 4. The third kappa shape index (κ3) is 3.72. The van der Waals surface area contributed by atoms with Crippen molar-refractivity contribution in [3.8, 4) is 0 Å². The molecular formula is C18H18FN5O3. The third-order valence-corrected chi connectivity index (χ3v) is 4.37. The fourth-order valence-electron chi connectivity index (χ4n) is 2.91. The van der Waals surface area contributed by atoms with Crippen molar-refractivity contribution in [1.82, 2.24) is 24.8 Å². The molecule has 1 aliphatic heterocycles. The molecule has 0 bridgehead atoms. The van der Waals surface area contributed by atoms with Gasteiger partial charge in [0.25, 0.3) is 0 Å². The van der Waals surface area contributed by atoms with Gasteiger partial charge in [-0.3, -0.25) is 0 Å². The van der Waals surface area contributed by atoms with E-state index in [0.29, 0.717) is 35.7 Å². The highest BCUT2D eigenvalue weighted by Crippen LogP contribution is 2.22. The second kappa shape index (κ2) is 7.28. The Morgan fingerprint density at radius 1 is 1.48 bits per heavy atom. The zero-order valence-electron chi connectivity index (χ0n) is 14.7. The normalized spacial score (nSPS) is 17.3. The average Bonchev–Trinajstić information content (AvgIpc) is 3.11. The van der Waals surface area contributed by atoms with Gasteiger partial charge in [0.05, 0.1) is 19.3 Å². The van der Waals surface area contributed by atoms with Crippen LogP contribution in [0.4, 0.5) is 9.18 Å². The Kier molecular flexibility index (Phi) is 4.68. The molecule has 1 saturated heterocycles. The van der Waals surface area contributed by atoms with Gasteiger partial charge >= 0.3 is 6.09 Å². The Balaban J connectivity index is 1.40. The molecule has 0 aliphatic carbocycles. The van der Waals surface area contributed by atoms with E-state index in [1.54, 1.807) is 25.3 Å². The predicted octanol–water partition coefficient (Wildman–Crippen LogP) is 2.51. The Labute approximate surface area is 154 Å². The van der Waals surface area contributed by atoms with Crippen LogP contribution in [0.5, 0.6) is 0 Å². The molecule has 8 nitrogen and oxygen atoms in total. The van der Waals surface area contributed by atoms with Crippen molar-refractivity contribution in [1.29, 1.82) is 0 Å². The number of fused-ring (bicyclic) bond motifs is 1. The van der Waals surface area contributed by atoms with Crippen LogP contribution in [0.25, 0.3) is 11.2 Å². The fraction of sp³-hybridized carbons (Fsp3) is 0.333. The summed E-state index contributed by atoms with van der Waals surface area (Å²) < 4.78 is 24.9. The van der Waals surface area contributed by atoms with E-state index in [9.17, 15) is 9.18 Å². The van der Waals surface area contributed by atoms with Gasteiger partial charge in [-0.1, -0.05) is 12.1 Å². The predicted molar refractivity (Wildman–Crippen MR) is 93.3 cm³/mol. The zero-order chi connectivity index (χ0) is 18.8. The van der Waals surface area contributed by atoms with Gasteiger partial charge in [0.15, 0.2) is 5.65 Å². The van der Waals surface area contributed by atoms with Crippen LogP contribution >= 0.6 is 0 Å². The number of benzene rings is 1. The zero-order valence-corrected chi connectivity index (χ0v) is 14.7. The number of hydrogen-bond acceptors (Lipinski definition) is 6. The van der Waals surface area contributed by atoms with Gasteiger partial charge in [-0.2, -0.15) is 0 Å². The molecule has 0 spiro atoms. The lowest BCUT2D eigenvalue weighted by atomic mass is 10.1. The first-order chi connectivity index (χ1) is 13.1. The van der Waals surface area contributed by atoms with Crippen LogP contribution in [0.15, 0.2) is 30.7 Å². The minimum Gasteiger partial charge on any atom is -0.444 e. The highest BCUT2D eigenvalue weighted by atomic mass is 19.1. The molecular weight excluding hydrogens is 353 g/mol. The average molecular weight is 371 g/mol. The number of amides is 1. The van der Waals surface area contributed by atoms with E-state index in [4.69, 9.17) is 9.47 Å². The van der Waals surface area contributed by atoms with Gasteiger partial charge in [0.1, 0.15) is 36.2 Å². The standard InChI is InChI=1S/C18H18FN5O3/c1-11-2-3-12(13(19)6-11)9-27-18(25)24-4-5-26-15(8-24)17-22-14-7-20-10-21-16(14)23-17/h2-3,6-7,10,15H,4-5,8-9H2,1H3,(H,20,21,22,23)/t15-/m0/s1. The van der Waals surface area contributed by atoms with Gasteiger partial charge in [0, 0.05) is 12.1 Å². The molecule has 1 fully saturated rings. The molecule has 1 amide bonds. The number of rotatable bonds is 3. The number of carbonyl (C=O) groups excluding carboxylic acids is 1. The first-order valence-electron chi connectivity index (χ1n) is 8.54. The molecule has 3 heterocycles. The number of morpholine rings is 1. The van der Waals surface area contributed by atoms with E-state index >= 15 is 0 Å². The SMILES string of the molecule is Cc1ccc(COC(=O)N2CCO[C@H](c3nc4cncnc4[nH]3)C2)c(F)c1.